The number of aryl methyl sites for hydroxylation is 2. The van der Waals surface area contributed by atoms with E-state index >= 15 is 0 Å². The highest BCUT2D eigenvalue weighted by molar-refractivity contribution is 7.18. The number of nitrogens with zero attached hydrogens (tertiary/aromatic N) is 8. The lowest BCUT2D eigenvalue weighted by atomic mass is 10.4. The Hall–Kier alpha value is -2.69. The molecule has 0 unspecified atom stereocenters. The Balaban J connectivity index is 1.82. The molecule has 3 aromatic rings. The highest BCUT2D eigenvalue weighted by atomic mass is 32.1. The van der Waals surface area contributed by atoms with E-state index in [1.807, 2.05) is 19.9 Å². The van der Waals surface area contributed by atoms with E-state index < -0.39 is 0 Å². The molecule has 0 amide bonds. The standard InChI is InChI=1S/C9H10N10S/c1-4-3-5(2)19(18-4)8-15-13-7(14-16-8)11-9-17-12-6(10)20-9/h3H,1-2H3,(H2,10,12)(H,11,13,14,17). The van der Waals surface area contributed by atoms with Gasteiger partial charge in [0.05, 0.1) is 5.69 Å². The van der Waals surface area contributed by atoms with Gasteiger partial charge in [-0.15, -0.1) is 30.6 Å². The van der Waals surface area contributed by atoms with Gasteiger partial charge in [-0.25, -0.2) is 4.68 Å². The molecule has 3 heterocycles. The van der Waals surface area contributed by atoms with Crippen molar-refractivity contribution >= 4 is 27.5 Å². The van der Waals surface area contributed by atoms with Gasteiger partial charge in [0.1, 0.15) is 0 Å². The Morgan fingerprint density at radius 3 is 2.40 bits per heavy atom. The van der Waals surface area contributed by atoms with Gasteiger partial charge in [-0.05, 0) is 19.9 Å². The molecular formula is C9H10N10S. The fourth-order valence-electron chi connectivity index (χ4n) is 1.57. The van der Waals surface area contributed by atoms with Gasteiger partial charge in [0.25, 0.3) is 11.9 Å². The Labute approximate surface area is 117 Å². The Kier molecular flexibility index (Phi) is 2.95. The van der Waals surface area contributed by atoms with Crippen LogP contribution in [0.15, 0.2) is 6.07 Å². The molecule has 0 aromatic carbocycles. The fourth-order valence-corrected chi connectivity index (χ4v) is 2.07. The van der Waals surface area contributed by atoms with Crippen LogP contribution >= 0.6 is 11.3 Å². The zero-order valence-electron chi connectivity index (χ0n) is 10.6. The lowest BCUT2D eigenvalue weighted by Gasteiger charge is -2.01. The third kappa shape index (κ3) is 2.38. The van der Waals surface area contributed by atoms with Gasteiger partial charge < -0.3 is 5.73 Å². The summed E-state index contributed by atoms with van der Waals surface area (Å²) in [5.41, 5.74) is 7.25. The van der Waals surface area contributed by atoms with Crippen molar-refractivity contribution in [3.05, 3.63) is 17.5 Å². The van der Waals surface area contributed by atoms with Gasteiger partial charge >= 0.3 is 0 Å². The average molecular weight is 290 g/mol. The first-order valence-corrected chi connectivity index (χ1v) is 6.40. The van der Waals surface area contributed by atoms with E-state index in [4.69, 9.17) is 5.73 Å². The smallest absolute Gasteiger partial charge is 0.289 e. The number of nitrogens with two attached hydrogens (primary N) is 1. The minimum Gasteiger partial charge on any atom is -0.374 e. The average Bonchev–Trinajstić information content (AvgIpc) is 2.96. The largest absolute Gasteiger partial charge is 0.374 e. The maximum atomic E-state index is 5.47. The van der Waals surface area contributed by atoms with E-state index in [1.165, 1.54) is 11.3 Å². The summed E-state index contributed by atoms with van der Waals surface area (Å²) >= 11 is 1.18. The Morgan fingerprint density at radius 1 is 1.10 bits per heavy atom. The summed E-state index contributed by atoms with van der Waals surface area (Å²) in [6.45, 7) is 3.79. The third-order valence-electron chi connectivity index (χ3n) is 2.33. The van der Waals surface area contributed by atoms with Crippen LogP contribution in [0.25, 0.3) is 5.95 Å². The molecule has 11 heteroatoms. The second-order valence-electron chi connectivity index (χ2n) is 3.93. The Morgan fingerprint density at radius 2 is 1.85 bits per heavy atom. The number of nitrogens with one attached hydrogen (secondary N) is 1. The van der Waals surface area contributed by atoms with Crippen LogP contribution in [0.1, 0.15) is 11.4 Å². The van der Waals surface area contributed by atoms with E-state index in [1.54, 1.807) is 4.68 Å². The van der Waals surface area contributed by atoms with E-state index in [9.17, 15) is 0 Å². The first-order valence-electron chi connectivity index (χ1n) is 5.59. The number of hydrogen-bond acceptors (Lipinski definition) is 10. The van der Waals surface area contributed by atoms with Crippen molar-refractivity contribution in [3.8, 4) is 5.95 Å². The van der Waals surface area contributed by atoms with Crippen LogP contribution in [0.4, 0.5) is 16.2 Å². The summed E-state index contributed by atoms with van der Waals surface area (Å²) in [6, 6.07) is 1.92. The van der Waals surface area contributed by atoms with Crippen molar-refractivity contribution in [1.29, 1.82) is 0 Å². The van der Waals surface area contributed by atoms with Crippen LogP contribution < -0.4 is 11.1 Å². The summed E-state index contributed by atoms with van der Waals surface area (Å²) in [4.78, 5) is 0. The van der Waals surface area contributed by atoms with Gasteiger partial charge in [-0.2, -0.15) is 5.10 Å². The highest BCUT2D eigenvalue weighted by Gasteiger charge is 2.09. The summed E-state index contributed by atoms with van der Waals surface area (Å²) in [5.74, 6) is 0.518. The molecule has 0 bridgehead atoms. The van der Waals surface area contributed by atoms with Crippen LogP contribution in [0.5, 0.6) is 0 Å². The van der Waals surface area contributed by atoms with E-state index in [0.717, 1.165) is 11.4 Å². The zero-order chi connectivity index (χ0) is 14.1. The summed E-state index contributed by atoms with van der Waals surface area (Å²) in [7, 11) is 0. The molecule has 0 atom stereocenters. The molecule has 0 saturated heterocycles. The predicted octanol–water partition coefficient (Wildman–Crippen LogP) is 0.246. The molecule has 3 rings (SSSR count). The van der Waals surface area contributed by atoms with Crippen molar-refractivity contribution in [3.63, 3.8) is 0 Å². The number of rotatable bonds is 3. The van der Waals surface area contributed by atoms with Crippen molar-refractivity contribution in [2.75, 3.05) is 11.1 Å². The van der Waals surface area contributed by atoms with Crippen molar-refractivity contribution < 1.29 is 0 Å². The highest BCUT2D eigenvalue weighted by Crippen LogP contribution is 2.18. The van der Waals surface area contributed by atoms with Gasteiger partial charge in [-0.3, -0.25) is 5.32 Å². The second kappa shape index (κ2) is 4.77. The van der Waals surface area contributed by atoms with Crippen molar-refractivity contribution in [2.45, 2.75) is 13.8 Å². The summed E-state index contributed by atoms with van der Waals surface area (Å²) < 4.78 is 1.57. The molecular weight excluding hydrogens is 280 g/mol. The van der Waals surface area contributed by atoms with Gasteiger partial charge in [-0.1, -0.05) is 11.3 Å². The Bertz CT molecular complexity index is 730. The molecule has 0 fully saturated rings. The summed E-state index contributed by atoms with van der Waals surface area (Å²) in [5, 5.41) is 31.1. The summed E-state index contributed by atoms with van der Waals surface area (Å²) in [6.07, 6.45) is 0. The number of nitrogen functional groups attached to an aromatic ring is 1. The first-order chi connectivity index (χ1) is 9.61. The second-order valence-corrected chi connectivity index (χ2v) is 4.94. The van der Waals surface area contributed by atoms with Gasteiger partial charge in [0.15, 0.2) is 0 Å². The third-order valence-corrected chi connectivity index (χ3v) is 2.99. The molecule has 102 valence electrons. The van der Waals surface area contributed by atoms with Crippen molar-refractivity contribution in [2.24, 2.45) is 0 Å². The van der Waals surface area contributed by atoms with Gasteiger partial charge in [0, 0.05) is 5.69 Å². The molecule has 0 aliphatic heterocycles. The van der Waals surface area contributed by atoms with Crippen LogP contribution in [0.2, 0.25) is 0 Å². The zero-order valence-corrected chi connectivity index (χ0v) is 11.5. The number of hydrogen-bond donors (Lipinski definition) is 2. The quantitative estimate of drug-likeness (QED) is 0.695. The molecule has 0 spiro atoms. The lowest BCUT2D eigenvalue weighted by Crippen LogP contribution is -2.10. The number of aromatic nitrogens is 8. The molecule has 10 nitrogen and oxygen atoms in total. The maximum absolute atomic E-state index is 5.47. The van der Waals surface area contributed by atoms with Crippen LogP contribution in [0.3, 0.4) is 0 Å². The SMILES string of the molecule is Cc1cc(C)n(-c2nnc(Nc3nnc(N)s3)nn2)n1. The molecule has 3 aromatic heterocycles. The topological polar surface area (TPSA) is 133 Å². The van der Waals surface area contributed by atoms with E-state index in [2.05, 4.69) is 41.0 Å². The van der Waals surface area contributed by atoms with Crippen LogP contribution in [-0.2, 0) is 0 Å². The molecule has 3 N–H and O–H groups in total. The predicted molar refractivity (Wildman–Crippen MR) is 71.8 cm³/mol. The molecule has 0 aliphatic rings. The molecule has 0 saturated carbocycles. The maximum Gasteiger partial charge on any atom is 0.289 e. The molecule has 20 heavy (non-hydrogen) atoms. The number of anilines is 3. The minimum atomic E-state index is 0.214. The normalized spacial score (nSPS) is 10.7. The minimum absolute atomic E-state index is 0.214. The molecule has 0 aliphatic carbocycles. The first kappa shape index (κ1) is 12.3. The fraction of sp³-hybridized carbons (Fsp3) is 0.222. The van der Waals surface area contributed by atoms with Crippen LogP contribution in [0, 0.1) is 13.8 Å². The van der Waals surface area contributed by atoms with Gasteiger partial charge in [0.2, 0.25) is 10.3 Å². The van der Waals surface area contributed by atoms with E-state index in [-0.39, 0.29) is 5.95 Å². The van der Waals surface area contributed by atoms with Crippen molar-refractivity contribution in [1.82, 2.24) is 40.4 Å². The lowest BCUT2D eigenvalue weighted by molar-refractivity contribution is 0.713. The van der Waals surface area contributed by atoms with Crippen LogP contribution in [-0.4, -0.2) is 40.4 Å². The monoisotopic (exact) mass is 290 g/mol. The van der Waals surface area contributed by atoms with E-state index in [0.29, 0.717) is 16.2 Å². The molecule has 0 radical (unpaired) electrons.